The van der Waals surface area contributed by atoms with Gasteiger partial charge in [-0.2, -0.15) is 0 Å². The quantitative estimate of drug-likeness (QED) is 0.717. The van der Waals surface area contributed by atoms with E-state index < -0.39 is 0 Å². The lowest BCUT2D eigenvalue weighted by atomic mass is 9.98. The van der Waals surface area contributed by atoms with Crippen LogP contribution in [-0.4, -0.2) is 48.6 Å². The van der Waals surface area contributed by atoms with Gasteiger partial charge in [0, 0.05) is 31.2 Å². The Morgan fingerprint density at radius 2 is 2.06 bits per heavy atom. The first-order chi connectivity index (χ1) is 7.86. The van der Waals surface area contributed by atoms with Crippen LogP contribution in [0.2, 0.25) is 0 Å². The Balaban J connectivity index is 1.70. The topological polar surface area (TPSA) is 39.7 Å². The Kier molecular flexibility index (Phi) is 2.75. The third-order valence-corrected chi connectivity index (χ3v) is 4.16. The highest BCUT2D eigenvalue weighted by Gasteiger charge is 2.36. The van der Waals surface area contributed by atoms with Crippen LogP contribution in [0.5, 0.6) is 0 Å². The highest BCUT2D eigenvalue weighted by atomic mass is 15.3. The Morgan fingerprint density at radius 1 is 1.31 bits per heavy atom. The van der Waals surface area contributed by atoms with Crippen molar-refractivity contribution < 1.29 is 0 Å². The number of nitrogens with zero attached hydrogens (tertiary/aromatic N) is 2. The zero-order valence-electron chi connectivity index (χ0n) is 10.1. The molecule has 2 atom stereocenters. The molecule has 4 nitrogen and oxygen atoms in total. The number of nitrogens with one attached hydrogen (secondary N) is 2. The molecule has 2 N–H and O–H groups in total. The molecule has 0 aromatic carbocycles. The van der Waals surface area contributed by atoms with Crippen molar-refractivity contribution in [2.24, 2.45) is 4.99 Å². The number of piperidine rings is 1. The summed E-state index contributed by atoms with van der Waals surface area (Å²) in [6.07, 6.45) is 5.34. The summed E-state index contributed by atoms with van der Waals surface area (Å²) in [7, 11) is 0. The van der Waals surface area contributed by atoms with Crippen LogP contribution >= 0.6 is 0 Å². The van der Waals surface area contributed by atoms with Crippen molar-refractivity contribution in [2.75, 3.05) is 19.6 Å². The van der Waals surface area contributed by atoms with Gasteiger partial charge in [-0.05, 0) is 32.6 Å². The molecule has 0 aromatic heterocycles. The van der Waals surface area contributed by atoms with Crippen LogP contribution in [0.25, 0.3) is 0 Å². The van der Waals surface area contributed by atoms with Gasteiger partial charge in [0.05, 0.1) is 6.54 Å². The predicted octanol–water partition coefficient (Wildman–Crippen LogP) is 0.550. The lowest BCUT2D eigenvalue weighted by Gasteiger charge is -2.38. The molecular formula is C12H22N4. The van der Waals surface area contributed by atoms with Gasteiger partial charge in [0.1, 0.15) is 0 Å². The Labute approximate surface area is 97.5 Å². The van der Waals surface area contributed by atoms with Crippen LogP contribution in [0, 0.1) is 0 Å². The second kappa shape index (κ2) is 4.24. The molecule has 2 fully saturated rings. The van der Waals surface area contributed by atoms with Crippen molar-refractivity contribution in [3.8, 4) is 0 Å². The highest BCUT2D eigenvalue weighted by Crippen LogP contribution is 2.29. The third-order valence-electron chi connectivity index (χ3n) is 4.16. The molecule has 0 amide bonds. The Morgan fingerprint density at radius 3 is 2.62 bits per heavy atom. The van der Waals surface area contributed by atoms with Crippen LogP contribution in [0.4, 0.5) is 0 Å². The van der Waals surface area contributed by atoms with E-state index in [-0.39, 0.29) is 0 Å². The van der Waals surface area contributed by atoms with Gasteiger partial charge in [-0.25, -0.2) is 0 Å². The van der Waals surface area contributed by atoms with E-state index in [4.69, 9.17) is 0 Å². The molecular weight excluding hydrogens is 200 g/mol. The van der Waals surface area contributed by atoms with Gasteiger partial charge in [0.25, 0.3) is 0 Å². The summed E-state index contributed by atoms with van der Waals surface area (Å²) in [6, 6.07) is 2.23. The van der Waals surface area contributed by atoms with Gasteiger partial charge < -0.3 is 15.5 Å². The molecule has 0 spiro atoms. The van der Waals surface area contributed by atoms with Crippen molar-refractivity contribution in [2.45, 2.75) is 50.7 Å². The van der Waals surface area contributed by atoms with E-state index in [2.05, 4.69) is 27.4 Å². The average molecular weight is 222 g/mol. The van der Waals surface area contributed by atoms with Crippen LogP contribution < -0.4 is 10.6 Å². The van der Waals surface area contributed by atoms with Crippen molar-refractivity contribution in [1.29, 1.82) is 0 Å². The summed E-state index contributed by atoms with van der Waals surface area (Å²) in [5, 5.41) is 7.11. The van der Waals surface area contributed by atoms with E-state index in [9.17, 15) is 0 Å². The van der Waals surface area contributed by atoms with E-state index in [1.807, 2.05) is 0 Å². The molecule has 4 heteroatoms. The first kappa shape index (κ1) is 10.4. The molecule has 2 saturated heterocycles. The maximum Gasteiger partial charge on any atom is 0.194 e. The molecule has 0 radical (unpaired) electrons. The van der Waals surface area contributed by atoms with Gasteiger partial charge >= 0.3 is 0 Å². The molecule has 2 bridgehead atoms. The van der Waals surface area contributed by atoms with Gasteiger partial charge in [0.2, 0.25) is 0 Å². The maximum atomic E-state index is 4.56. The normalized spacial score (nSPS) is 37.1. The van der Waals surface area contributed by atoms with E-state index in [0.29, 0.717) is 6.04 Å². The SMILES string of the molecule is CCN(C1=NCCN1)C1CC2CCC(C1)N2. The molecule has 16 heavy (non-hydrogen) atoms. The standard InChI is InChI=1S/C12H22N4/c1-2-16(12-13-5-6-14-12)11-7-9-3-4-10(8-11)15-9/h9-11,15H,2-8H2,1H3,(H,13,14). The molecule has 3 rings (SSSR count). The summed E-state index contributed by atoms with van der Waals surface area (Å²) < 4.78 is 0. The van der Waals surface area contributed by atoms with E-state index in [1.165, 1.54) is 25.7 Å². The zero-order chi connectivity index (χ0) is 11.0. The summed E-state index contributed by atoms with van der Waals surface area (Å²) in [4.78, 5) is 7.05. The fraction of sp³-hybridized carbons (Fsp3) is 0.917. The fourth-order valence-corrected chi connectivity index (χ4v) is 3.44. The lowest BCUT2D eigenvalue weighted by molar-refractivity contribution is 0.220. The number of fused-ring (bicyclic) bond motifs is 2. The molecule has 90 valence electrons. The molecule has 3 aliphatic rings. The van der Waals surface area contributed by atoms with Crippen LogP contribution in [0.1, 0.15) is 32.6 Å². The minimum Gasteiger partial charge on any atom is -0.354 e. The minimum absolute atomic E-state index is 0.702. The van der Waals surface area contributed by atoms with Crippen molar-refractivity contribution >= 4 is 5.96 Å². The van der Waals surface area contributed by atoms with Crippen molar-refractivity contribution in [3.05, 3.63) is 0 Å². The van der Waals surface area contributed by atoms with Crippen LogP contribution in [0.3, 0.4) is 0 Å². The highest BCUT2D eigenvalue weighted by molar-refractivity contribution is 5.81. The van der Waals surface area contributed by atoms with E-state index >= 15 is 0 Å². The molecule has 2 unspecified atom stereocenters. The molecule has 0 aromatic rings. The number of rotatable bonds is 2. The Bertz CT molecular complexity index is 277. The third kappa shape index (κ3) is 1.79. The minimum atomic E-state index is 0.702. The second-order valence-corrected chi connectivity index (χ2v) is 5.18. The lowest BCUT2D eigenvalue weighted by Crippen LogP contribution is -2.52. The maximum absolute atomic E-state index is 4.56. The summed E-state index contributed by atoms with van der Waals surface area (Å²) in [5.74, 6) is 1.15. The van der Waals surface area contributed by atoms with Crippen LogP contribution in [-0.2, 0) is 0 Å². The van der Waals surface area contributed by atoms with Crippen LogP contribution in [0.15, 0.2) is 4.99 Å². The van der Waals surface area contributed by atoms with E-state index in [0.717, 1.165) is 37.7 Å². The first-order valence-electron chi connectivity index (χ1n) is 6.68. The van der Waals surface area contributed by atoms with Gasteiger partial charge in [-0.1, -0.05) is 0 Å². The summed E-state index contributed by atoms with van der Waals surface area (Å²) in [6.45, 7) is 5.29. The first-order valence-corrected chi connectivity index (χ1v) is 6.68. The summed E-state index contributed by atoms with van der Waals surface area (Å²) >= 11 is 0. The fourth-order valence-electron chi connectivity index (χ4n) is 3.44. The molecule has 0 aliphatic carbocycles. The molecule has 3 heterocycles. The molecule has 0 saturated carbocycles. The van der Waals surface area contributed by atoms with E-state index in [1.54, 1.807) is 0 Å². The Hall–Kier alpha value is -0.770. The number of hydrogen-bond donors (Lipinski definition) is 2. The number of hydrogen-bond acceptors (Lipinski definition) is 4. The summed E-state index contributed by atoms with van der Waals surface area (Å²) in [5.41, 5.74) is 0. The van der Waals surface area contributed by atoms with Crippen molar-refractivity contribution in [3.63, 3.8) is 0 Å². The van der Waals surface area contributed by atoms with Gasteiger partial charge in [-0.3, -0.25) is 4.99 Å². The largest absolute Gasteiger partial charge is 0.354 e. The number of aliphatic imine (C=N–C) groups is 1. The van der Waals surface area contributed by atoms with Gasteiger partial charge in [-0.15, -0.1) is 0 Å². The predicted molar refractivity (Wildman–Crippen MR) is 65.7 cm³/mol. The van der Waals surface area contributed by atoms with Gasteiger partial charge in [0.15, 0.2) is 5.96 Å². The van der Waals surface area contributed by atoms with Crippen molar-refractivity contribution in [1.82, 2.24) is 15.5 Å². The molecule has 3 aliphatic heterocycles. The second-order valence-electron chi connectivity index (χ2n) is 5.18. The number of guanidine groups is 1. The monoisotopic (exact) mass is 222 g/mol. The zero-order valence-corrected chi connectivity index (χ0v) is 10.1. The smallest absolute Gasteiger partial charge is 0.194 e. The average Bonchev–Trinajstić information content (AvgIpc) is 2.90.